The molecule has 0 aromatic rings. The Bertz CT molecular complexity index is 308. The van der Waals surface area contributed by atoms with E-state index in [1.807, 2.05) is 0 Å². The fraction of sp³-hybridized carbons (Fsp3) is 0.905. The van der Waals surface area contributed by atoms with Crippen LogP contribution in [0.5, 0.6) is 0 Å². The van der Waals surface area contributed by atoms with Gasteiger partial charge in [0.15, 0.2) is 0 Å². The molecule has 21 heavy (non-hydrogen) atoms. The molecule has 0 bridgehead atoms. The molecule has 0 aliphatic heterocycles. The Labute approximate surface area is 134 Å². The molecule has 0 aromatic carbocycles. The monoisotopic (exact) mass is 292 g/mol. The Morgan fingerprint density at radius 1 is 0.762 bits per heavy atom. The normalized spacial score (nSPS) is 30.4. The number of allylic oxidation sites excluding steroid dienone is 2. The van der Waals surface area contributed by atoms with E-state index in [1.165, 1.54) is 77.0 Å². The molecule has 0 heteroatoms. The molecule has 0 aromatic heterocycles. The van der Waals surface area contributed by atoms with Gasteiger partial charge in [0, 0.05) is 0 Å². The molecular formula is C21H40. The van der Waals surface area contributed by atoms with Crippen molar-refractivity contribution in [2.24, 2.45) is 11.3 Å². The molecule has 1 fully saturated rings. The summed E-state index contributed by atoms with van der Waals surface area (Å²) in [7, 11) is 0. The van der Waals surface area contributed by atoms with Crippen molar-refractivity contribution in [3.8, 4) is 0 Å². The first-order valence-electron chi connectivity index (χ1n) is 9.60. The van der Waals surface area contributed by atoms with Gasteiger partial charge in [0.1, 0.15) is 0 Å². The Morgan fingerprint density at radius 2 is 1.24 bits per heavy atom. The van der Waals surface area contributed by atoms with E-state index >= 15 is 0 Å². The van der Waals surface area contributed by atoms with E-state index in [4.69, 9.17) is 0 Å². The summed E-state index contributed by atoms with van der Waals surface area (Å²) in [5.41, 5.74) is 3.66. The topological polar surface area (TPSA) is 0 Å². The Hall–Kier alpha value is -0.260. The SMILES string of the molecule is CC(C)=C(C)C1(C)CCCCCCCCCCCC(C)C1. The molecule has 0 nitrogen and oxygen atoms in total. The van der Waals surface area contributed by atoms with E-state index in [0.29, 0.717) is 5.41 Å². The maximum Gasteiger partial charge on any atom is -0.0114 e. The minimum Gasteiger partial charge on any atom is -0.0770 e. The molecule has 2 unspecified atom stereocenters. The summed E-state index contributed by atoms with van der Waals surface area (Å²) in [5, 5.41) is 0. The Kier molecular flexibility index (Phi) is 8.67. The molecule has 2 atom stereocenters. The van der Waals surface area contributed by atoms with Crippen molar-refractivity contribution in [3.63, 3.8) is 0 Å². The standard InChI is InChI=1S/C21H40/c1-18(2)20(4)21(5)16-14-12-10-8-6-7-9-11-13-15-19(3)17-21/h19H,6-17H2,1-5H3. The van der Waals surface area contributed by atoms with Gasteiger partial charge >= 0.3 is 0 Å². The molecule has 0 N–H and O–H groups in total. The van der Waals surface area contributed by atoms with Gasteiger partial charge in [0.25, 0.3) is 0 Å². The number of hydrogen-bond donors (Lipinski definition) is 0. The summed E-state index contributed by atoms with van der Waals surface area (Å²) in [6, 6.07) is 0. The van der Waals surface area contributed by atoms with Crippen molar-refractivity contribution >= 4 is 0 Å². The third-order valence-corrected chi connectivity index (χ3v) is 5.88. The minimum absolute atomic E-state index is 0.447. The van der Waals surface area contributed by atoms with Crippen LogP contribution in [0.3, 0.4) is 0 Å². The van der Waals surface area contributed by atoms with Gasteiger partial charge in [-0.1, -0.05) is 89.2 Å². The van der Waals surface area contributed by atoms with E-state index < -0.39 is 0 Å². The van der Waals surface area contributed by atoms with E-state index in [-0.39, 0.29) is 0 Å². The smallest absolute Gasteiger partial charge is 0.0114 e. The van der Waals surface area contributed by atoms with Crippen molar-refractivity contribution in [1.29, 1.82) is 0 Å². The summed E-state index contributed by atoms with van der Waals surface area (Å²) in [5.74, 6) is 0.882. The van der Waals surface area contributed by atoms with Crippen LogP contribution in [-0.2, 0) is 0 Å². The largest absolute Gasteiger partial charge is 0.0770 e. The van der Waals surface area contributed by atoms with Crippen LogP contribution < -0.4 is 0 Å². The quantitative estimate of drug-likeness (QED) is 0.435. The zero-order chi connectivity index (χ0) is 15.7. The van der Waals surface area contributed by atoms with E-state index in [2.05, 4.69) is 34.6 Å². The van der Waals surface area contributed by atoms with Gasteiger partial charge in [-0.3, -0.25) is 0 Å². The molecule has 0 saturated heterocycles. The van der Waals surface area contributed by atoms with Crippen LogP contribution in [0.4, 0.5) is 0 Å². The fourth-order valence-corrected chi connectivity index (χ4v) is 4.16. The molecule has 1 aliphatic rings. The van der Waals surface area contributed by atoms with Crippen LogP contribution in [0, 0.1) is 11.3 Å². The first kappa shape index (κ1) is 18.8. The molecule has 0 heterocycles. The van der Waals surface area contributed by atoms with Crippen LogP contribution in [0.25, 0.3) is 0 Å². The Morgan fingerprint density at radius 3 is 1.76 bits per heavy atom. The highest BCUT2D eigenvalue weighted by Gasteiger charge is 2.28. The highest BCUT2D eigenvalue weighted by atomic mass is 14.3. The maximum atomic E-state index is 2.54. The van der Waals surface area contributed by atoms with Crippen molar-refractivity contribution < 1.29 is 0 Å². The van der Waals surface area contributed by atoms with Gasteiger partial charge in [0.2, 0.25) is 0 Å². The molecule has 0 radical (unpaired) electrons. The first-order chi connectivity index (χ1) is 9.96. The molecule has 1 saturated carbocycles. The third kappa shape index (κ3) is 7.02. The van der Waals surface area contributed by atoms with Gasteiger partial charge in [-0.05, 0) is 44.9 Å². The number of rotatable bonds is 1. The molecule has 1 rings (SSSR count). The van der Waals surface area contributed by atoms with Crippen LogP contribution in [-0.4, -0.2) is 0 Å². The zero-order valence-electron chi connectivity index (χ0n) is 15.6. The van der Waals surface area contributed by atoms with Gasteiger partial charge in [-0.15, -0.1) is 0 Å². The van der Waals surface area contributed by atoms with Gasteiger partial charge in [-0.2, -0.15) is 0 Å². The predicted molar refractivity (Wildman–Crippen MR) is 96.7 cm³/mol. The molecule has 0 amide bonds. The van der Waals surface area contributed by atoms with Crippen LogP contribution in [0.2, 0.25) is 0 Å². The Balaban J connectivity index is 2.70. The second kappa shape index (κ2) is 9.70. The fourth-order valence-electron chi connectivity index (χ4n) is 4.16. The van der Waals surface area contributed by atoms with Gasteiger partial charge in [0.05, 0.1) is 0 Å². The molecule has 1 aliphatic carbocycles. The van der Waals surface area contributed by atoms with E-state index in [9.17, 15) is 0 Å². The lowest BCUT2D eigenvalue weighted by Gasteiger charge is -2.35. The molecule has 124 valence electrons. The van der Waals surface area contributed by atoms with Crippen molar-refractivity contribution in [1.82, 2.24) is 0 Å². The van der Waals surface area contributed by atoms with Crippen molar-refractivity contribution in [2.75, 3.05) is 0 Å². The third-order valence-electron chi connectivity index (χ3n) is 5.88. The predicted octanol–water partition coefficient (Wildman–Crippen LogP) is 7.68. The summed E-state index contributed by atoms with van der Waals surface area (Å²) in [6.45, 7) is 12.0. The van der Waals surface area contributed by atoms with E-state index in [1.54, 1.807) is 11.1 Å². The van der Waals surface area contributed by atoms with Crippen molar-refractivity contribution in [2.45, 2.75) is 112 Å². The maximum absolute atomic E-state index is 2.54. The molecule has 0 spiro atoms. The second-order valence-corrected chi connectivity index (χ2v) is 8.22. The molecular weight excluding hydrogens is 252 g/mol. The number of hydrogen-bond acceptors (Lipinski definition) is 0. The van der Waals surface area contributed by atoms with Gasteiger partial charge < -0.3 is 0 Å². The summed E-state index contributed by atoms with van der Waals surface area (Å²) in [6.07, 6.45) is 17.3. The van der Waals surface area contributed by atoms with Gasteiger partial charge in [-0.25, -0.2) is 0 Å². The highest BCUT2D eigenvalue weighted by Crippen LogP contribution is 2.41. The lowest BCUT2D eigenvalue weighted by Crippen LogP contribution is -2.22. The lowest BCUT2D eigenvalue weighted by molar-refractivity contribution is 0.256. The average Bonchev–Trinajstić information content (AvgIpc) is 2.43. The summed E-state index contributed by atoms with van der Waals surface area (Å²) >= 11 is 0. The van der Waals surface area contributed by atoms with E-state index in [0.717, 1.165) is 5.92 Å². The van der Waals surface area contributed by atoms with Crippen LogP contribution >= 0.6 is 0 Å². The average molecular weight is 293 g/mol. The minimum atomic E-state index is 0.447. The second-order valence-electron chi connectivity index (χ2n) is 8.22. The lowest BCUT2D eigenvalue weighted by atomic mass is 9.70. The summed E-state index contributed by atoms with van der Waals surface area (Å²) < 4.78 is 0. The van der Waals surface area contributed by atoms with Crippen LogP contribution in [0.1, 0.15) is 112 Å². The highest BCUT2D eigenvalue weighted by molar-refractivity contribution is 5.16. The van der Waals surface area contributed by atoms with Crippen molar-refractivity contribution in [3.05, 3.63) is 11.1 Å². The first-order valence-corrected chi connectivity index (χ1v) is 9.60. The van der Waals surface area contributed by atoms with Crippen LogP contribution in [0.15, 0.2) is 11.1 Å². The summed E-state index contributed by atoms with van der Waals surface area (Å²) in [4.78, 5) is 0. The zero-order valence-corrected chi connectivity index (χ0v) is 15.6.